The van der Waals surface area contributed by atoms with Crippen LogP contribution in [0.2, 0.25) is 0 Å². The molecule has 0 saturated carbocycles. The number of anilines is 1. The maximum atomic E-state index is 12.8. The number of H-pyrrole nitrogens is 1. The second-order valence-electron chi connectivity index (χ2n) is 3.51. The van der Waals surface area contributed by atoms with Crippen LogP contribution in [-0.4, -0.2) is 22.6 Å². The van der Waals surface area contributed by atoms with Gasteiger partial charge < -0.3 is 4.90 Å². The van der Waals surface area contributed by atoms with E-state index in [1.165, 1.54) is 24.5 Å². The molecule has 2 rings (SSSR count). The Bertz CT molecular complexity index is 493. The van der Waals surface area contributed by atoms with Crippen molar-refractivity contribution in [1.29, 1.82) is 0 Å². The molecule has 0 aliphatic carbocycles. The minimum absolute atomic E-state index is 0.159. The molecule has 2 aromatic rings. The van der Waals surface area contributed by atoms with Gasteiger partial charge in [0.05, 0.1) is 11.8 Å². The van der Waals surface area contributed by atoms with Gasteiger partial charge in [-0.2, -0.15) is 5.10 Å². The SMILES string of the molecule is CCN(C(=O)c1cn[nH]c1)c1ccc(F)cc1. The van der Waals surface area contributed by atoms with Crippen LogP contribution in [0.5, 0.6) is 0 Å². The highest BCUT2D eigenvalue weighted by Gasteiger charge is 2.16. The van der Waals surface area contributed by atoms with E-state index in [1.807, 2.05) is 6.92 Å². The van der Waals surface area contributed by atoms with Crippen LogP contribution >= 0.6 is 0 Å². The van der Waals surface area contributed by atoms with Crippen LogP contribution in [0.3, 0.4) is 0 Å². The number of rotatable bonds is 3. The van der Waals surface area contributed by atoms with Crippen LogP contribution in [-0.2, 0) is 0 Å². The van der Waals surface area contributed by atoms with Crippen LogP contribution < -0.4 is 4.90 Å². The predicted octanol–water partition coefficient (Wildman–Crippen LogP) is 2.22. The summed E-state index contributed by atoms with van der Waals surface area (Å²) in [6.07, 6.45) is 3.00. The van der Waals surface area contributed by atoms with Crippen LogP contribution in [0.4, 0.5) is 10.1 Å². The number of hydrogen-bond acceptors (Lipinski definition) is 2. The number of aromatic nitrogens is 2. The summed E-state index contributed by atoms with van der Waals surface area (Å²) in [5, 5.41) is 6.33. The third-order valence-electron chi connectivity index (χ3n) is 2.44. The van der Waals surface area contributed by atoms with Crippen molar-refractivity contribution in [1.82, 2.24) is 10.2 Å². The molecule has 17 heavy (non-hydrogen) atoms. The molecule has 1 amide bonds. The lowest BCUT2D eigenvalue weighted by atomic mass is 10.2. The Balaban J connectivity index is 2.28. The molecule has 0 aliphatic rings. The molecule has 0 fully saturated rings. The largest absolute Gasteiger partial charge is 0.309 e. The zero-order valence-corrected chi connectivity index (χ0v) is 9.35. The Morgan fingerprint density at radius 3 is 2.65 bits per heavy atom. The molecule has 1 heterocycles. The fourth-order valence-electron chi connectivity index (χ4n) is 1.59. The number of hydrogen-bond donors (Lipinski definition) is 1. The van der Waals surface area contributed by atoms with Crippen molar-refractivity contribution in [3.8, 4) is 0 Å². The molecule has 0 saturated heterocycles. The molecule has 0 unspecified atom stereocenters. The first-order valence-corrected chi connectivity index (χ1v) is 5.28. The van der Waals surface area contributed by atoms with Crippen LogP contribution in [0, 0.1) is 5.82 Å². The fraction of sp³-hybridized carbons (Fsp3) is 0.167. The van der Waals surface area contributed by atoms with Crippen molar-refractivity contribution in [2.24, 2.45) is 0 Å². The van der Waals surface area contributed by atoms with Gasteiger partial charge in [0, 0.05) is 18.4 Å². The second-order valence-corrected chi connectivity index (χ2v) is 3.51. The lowest BCUT2D eigenvalue weighted by Gasteiger charge is -2.20. The summed E-state index contributed by atoms with van der Waals surface area (Å²) < 4.78 is 12.8. The van der Waals surface area contributed by atoms with Crippen molar-refractivity contribution < 1.29 is 9.18 Å². The number of benzene rings is 1. The molecule has 4 nitrogen and oxygen atoms in total. The molecule has 88 valence electrons. The minimum atomic E-state index is -0.319. The molecule has 1 aromatic heterocycles. The quantitative estimate of drug-likeness (QED) is 0.883. The van der Waals surface area contributed by atoms with E-state index in [4.69, 9.17) is 0 Å². The Labute approximate surface area is 98.1 Å². The molecular weight excluding hydrogens is 221 g/mol. The first-order valence-electron chi connectivity index (χ1n) is 5.28. The molecule has 0 aliphatic heterocycles. The van der Waals surface area contributed by atoms with Gasteiger partial charge in [-0.05, 0) is 31.2 Å². The molecule has 0 spiro atoms. The second kappa shape index (κ2) is 4.78. The van der Waals surface area contributed by atoms with Crippen molar-refractivity contribution in [2.45, 2.75) is 6.92 Å². The summed E-state index contributed by atoms with van der Waals surface area (Å²) in [4.78, 5) is 13.7. The third kappa shape index (κ3) is 2.33. The summed E-state index contributed by atoms with van der Waals surface area (Å²) in [6, 6.07) is 5.83. The van der Waals surface area contributed by atoms with Gasteiger partial charge in [0.1, 0.15) is 5.82 Å². The van der Waals surface area contributed by atoms with Crippen LogP contribution in [0.1, 0.15) is 17.3 Å². The normalized spacial score (nSPS) is 10.2. The van der Waals surface area contributed by atoms with Gasteiger partial charge in [-0.25, -0.2) is 4.39 Å². The topological polar surface area (TPSA) is 49.0 Å². The minimum Gasteiger partial charge on any atom is -0.309 e. The van der Waals surface area contributed by atoms with Gasteiger partial charge in [-0.15, -0.1) is 0 Å². The summed E-state index contributed by atoms with van der Waals surface area (Å²) in [7, 11) is 0. The van der Waals surface area contributed by atoms with Crippen molar-refractivity contribution in [2.75, 3.05) is 11.4 Å². The number of carbonyl (C=O) groups excluding carboxylic acids is 1. The molecule has 0 radical (unpaired) electrons. The maximum absolute atomic E-state index is 12.8. The third-order valence-corrected chi connectivity index (χ3v) is 2.44. The average molecular weight is 233 g/mol. The average Bonchev–Trinajstić information content (AvgIpc) is 2.86. The summed E-state index contributed by atoms with van der Waals surface area (Å²) in [5.41, 5.74) is 1.15. The van der Waals surface area contributed by atoms with Gasteiger partial charge in [-0.1, -0.05) is 0 Å². The molecule has 0 atom stereocenters. The van der Waals surface area contributed by atoms with E-state index < -0.39 is 0 Å². The molecule has 5 heteroatoms. The van der Waals surface area contributed by atoms with E-state index in [-0.39, 0.29) is 11.7 Å². The lowest BCUT2D eigenvalue weighted by molar-refractivity contribution is 0.0988. The summed E-state index contributed by atoms with van der Waals surface area (Å²) >= 11 is 0. The Hall–Kier alpha value is -2.17. The van der Waals surface area contributed by atoms with E-state index in [2.05, 4.69) is 10.2 Å². The highest BCUT2D eigenvalue weighted by molar-refractivity contribution is 6.05. The van der Waals surface area contributed by atoms with Crippen molar-refractivity contribution >= 4 is 11.6 Å². The summed E-state index contributed by atoms with van der Waals surface area (Å²) in [6.45, 7) is 2.37. The molecule has 0 bridgehead atoms. The first-order chi connectivity index (χ1) is 8.22. The van der Waals surface area contributed by atoms with Gasteiger partial charge in [0.2, 0.25) is 0 Å². The number of aromatic amines is 1. The number of nitrogens with zero attached hydrogens (tertiary/aromatic N) is 2. The molecule has 1 aromatic carbocycles. The van der Waals surface area contributed by atoms with Gasteiger partial charge in [0.25, 0.3) is 5.91 Å². The zero-order valence-electron chi connectivity index (χ0n) is 9.35. The Morgan fingerprint density at radius 1 is 1.41 bits per heavy atom. The standard InChI is InChI=1S/C12H12FN3O/c1-2-16(11-5-3-10(13)4-6-11)12(17)9-7-14-15-8-9/h3-8H,2H2,1H3,(H,14,15). The van der Waals surface area contributed by atoms with E-state index in [9.17, 15) is 9.18 Å². The van der Waals surface area contributed by atoms with E-state index in [0.29, 0.717) is 17.8 Å². The van der Waals surface area contributed by atoms with Gasteiger partial charge in [-0.3, -0.25) is 9.89 Å². The monoisotopic (exact) mass is 233 g/mol. The zero-order chi connectivity index (χ0) is 12.3. The van der Waals surface area contributed by atoms with Crippen LogP contribution in [0.25, 0.3) is 0 Å². The maximum Gasteiger partial charge on any atom is 0.261 e. The highest BCUT2D eigenvalue weighted by Crippen LogP contribution is 2.17. The van der Waals surface area contributed by atoms with E-state index in [1.54, 1.807) is 17.0 Å². The predicted molar refractivity (Wildman–Crippen MR) is 62.3 cm³/mol. The Morgan fingerprint density at radius 2 is 2.12 bits per heavy atom. The number of carbonyl (C=O) groups is 1. The van der Waals surface area contributed by atoms with Gasteiger partial charge >= 0.3 is 0 Å². The lowest BCUT2D eigenvalue weighted by Crippen LogP contribution is -2.30. The van der Waals surface area contributed by atoms with Gasteiger partial charge in [0.15, 0.2) is 0 Å². The molecule has 1 N–H and O–H groups in total. The molecular formula is C12H12FN3O. The van der Waals surface area contributed by atoms with Crippen LogP contribution in [0.15, 0.2) is 36.7 Å². The number of nitrogens with one attached hydrogen (secondary N) is 1. The summed E-state index contributed by atoms with van der Waals surface area (Å²) in [5.74, 6) is -0.478. The van der Waals surface area contributed by atoms with Crippen molar-refractivity contribution in [3.63, 3.8) is 0 Å². The number of amides is 1. The highest BCUT2D eigenvalue weighted by atomic mass is 19.1. The first kappa shape index (κ1) is 11.3. The fourth-order valence-corrected chi connectivity index (χ4v) is 1.59. The van der Waals surface area contributed by atoms with Crippen molar-refractivity contribution in [3.05, 3.63) is 48.0 Å². The van der Waals surface area contributed by atoms with E-state index >= 15 is 0 Å². The number of halogens is 1. The van der Waals surface area contributed by atoms with E-state index in [0.717, 1.165) is 0 Å². The smallest absolute Gasteiger partial charge is 0.261 e. The Kier molecular flexibility index (Phi) is 3.18.